The summed E-state index contributed by atoms with van der Waals surface area (Å²) in [5.41, 5.74) is 1.45. The van der Waals surface area contributed by atoms with Gasteiger partial charge in [0.15, 0.2) is 0 Å². The molecule has 0 saturated heterocycles. The van der Waals surface area contributed by atoms with E-state index in [0.29, 0.717) is 6.04 Å². The fraction of sp³-hybridized carbons (Fsp3) is 0.364. The number of nitrogens with one attached hydrogen (secondary N) is 1. The predicted molar refractivity (Wildman–Crippen MR) is 64.7 cm³/mol. The van der Waals surface area contributed by atoms with Crippen molar-refractivity contribution in [2.45, 2.75) is 19.4 Å². The Morgan fingerprint density at radius 3 is 3.27 bits per heavy atom. The number of rotatable bonds is 1. The monoisotopic (exact) mass is 236 g/mol. The van der Waals surface area contributed by atoms with Gasteiger partial charge in [0, 0.05) is 22.5 Å². The zero-order valence-electron chi connectivity index (χ0n) is 8.49. The highest BCUT2D eigenvalue weighted by molar-refractivity contribution is 7.11. The minimum absolute atomic E-state index is 0.381. The van der Waals surface area contributed by atoms with Crippen molar-refractivity contribution < 1.29 is 0 Å². The Kier molecular flexibility index (Phi) is 2.35. The number of thiophene rings is 1. The van der Waals surface area contributed by atoms with Gasteiger partial charge in [0.1, 0.15) is 0 Å². The van der Waals surface area contributed by atoms with Gasteiger partial charge >= 0.3 is 0 Å². The number of aromatic nitrogens is 1. The molecule has 0 bridgehead atoms. The maximum absolute atomic E-state index is 4.33. The van der Waals surface area contributed by atoms with Crippen molar-refractivity contribution in [3.8, 4) is 0 Å². The molecule has 1 unspecified atom stereocenters. The van der Waals surface area contributed by atoms with Crippen LogP contribution in [0, 0.1) is 6.92 Å². The van der Waals surface area contributed by atoms with Crippen molar-refractivity contribution in [1.29, 1.82) is 0 Å². The molecule has 0 aliphatic carbocycles. The summed E-state index contributed by atoms with van der Waals surface area (Å²) in [6.45, 7) is 3.14. The molecule has 0 saturated carbocycles. The fourth-order valence-corrected chi connectivity index (χ4v) is 3.82. The molecule has 2 aromatic heterocycles. The molecule has 2 aromatic rings. The van der Waals surface area contributed by atoms with Crippen molar-refractivity contribution in [1.82, 2.24) is 10.3 Å². The van der Waals surface area contributed by atoms with Gasteiger partial charge in [0.2, 0.25) is 0 Å². The molecule has 1 atom stereocenters. The summed E-state index contributed by atoms with van der Waals surface area (Å²) in [6, 6.07) is 2.62. The lowest BCUT2D eigenvalue weighted by Crippen LogP contribution is -2.28. The first kappa shape index (κ1) is 9.51. The normalized spacial score (nSPS) is 20.2. The van der Waals surface area contributed by atoms with Crippen LogP contribution in [0.15, 0.2) is 17.6 Å². The molecule has 2 nitrogen and oxygen atoms in total. The average Bonchev–Trinajstić information content (AvgIpc) is 2.84. The van der Waals surface area contributed by atoms with Crippen LogP contribution < -0.4 is 5.32 Å². The molecule has 1 aliphatic rings. The molecule has 15 heavy (non-hydrogen) atoms. The van der Waals surface area contributed by atoms with Crippen molar-refractivity contribution in [3.05, 3.63) is 38.0 Å². The topological polar surface area (TPSA) is 24.9 Å². The van der Waals surface area contributed by atoms with Crippen LogP contribution in [0.25, 0.3) is 0 Å². The van der Waals surface area contributed by atoms with Gasteiger partial charge in [-0.2, -0.15) is 0 Å². The van der Waals surface area contributed by atoms with E-state index in [-0.39, 0.29) is 0 Å². The molecule has 78 valence electrons. The Labute approximate surface area is 97.0 Å². The van der Waals surface area contributed by atoms with Gasteiger partial charge in [0.05, 0.1) is 11.0 Å². The minimum Gasteiger partial charge on any atom is -0.305 e. The molecule has 3 heterocycles. The average molecular weight is 236 g/mol. The summed E-state index contributed by atoms with van der Waals surface area (Å²) < 4.78 is 0. The summed E-state index contributed by atoms with van der Waals surface area (Å²) in [7, 11) is 0. The van der Waals surface area contributed by atoms with Crippen molar-refractivity contribution in [3.63, 3.8) is 0 Å². The third kappa shape index (κ3) is 1.62. The Morgan fingerprint density at radius 2 is 2.47 bits per heavy atom. The number of fused-ring (bicyclic) bond motifs is 1. The molecule has 3 rings (SSSR count). The summed E-state index contributed by atoms with van der Waals surface area (Å²) in [4.78, 5) is 7.20. The fourth-order valence-electron chi connectivity index (χ4n) is 2.02. The second kappa shape index (κ2) is 3.70. The molecule has 0 aromatic carbocycles. The Bertz CT molecular complexity index is 472. The quantitative estimate of drug-likeness (QED) is 0.823. The van der Waals surface area contributed by atoms with Gasteiger partial charge in [-0.25, -0.2) is 4.98 Å². The molecule has 0 radical (unpaired) electrons. The van der Waals surface area contributed by atoms with Gasteiger partial charge in [-0.3, -0.25) is 0 Å². The van der Waals surface area contributed by atoms with Crippen molar-refractivity contribution >= 4 is 22.7 Å². The number of nitrogens with zero attached hydrogens (tertiary/aromatic N) is 1. The lowest BCUT2D eigenvalue weighted by Gasteiger charge is -2.22. The van der Waals surface area contributed by atoms with Crippen LogP contribution in [0.4, 0.5) is 0 Å². The van der Waals surface area contributed by atoms with E-state index in [1.165, 1.54) is 21.7 Å². The summed E-state index contributed by atoms with van der Waals surface area (Å²) in [6.07, 6.45) is 3.17. The lowest BCUT2D eigenvalue weighted by atomic mass is 10.0. The minimum atomic E-state index is 0.381. The van der Waals surface area contributed by atoms with Crippen LogP contribution in [0.5, 0.6) is 0 Å². The van der Waals surface area contributed by atoms with Gasteiger partial charge in [-0.15, -0.1) is 22.7 Å². The summed E-state index contributed by atoms with van der Waals surface area (Å²) in [5.74, 6) is 0. The van der Waals surface area contributed by atoms with Gasteiger partial charge in [0.25, 0.3) is 0 Å². The summed E-state index contributed by atoms with van der Waals surface area (Å²) >= 11 is 3.67. The molecule has 4 heteroatoms. The molecule has 0 fully saturated rings. The highest BCUT2D eigenvalue weighted by atomic mass is 32.1. The van der Waals surface area contributed by atoms with Crippen LogP contribution >= 0.6 is 22.7 Å². The largest absolute Gasteiger partial charge is 0.305 e. The molecular formula is C11H12N2S2. The predicted octanol–water partition coefficient (Wildman–Crippen LogP) is 2.75. The van der Waals surface area contributed by atoms with Crippen LogP contribution in [-0.2, 0) is 6.42 Å². The number of thiazole rings is 1. The maximum atomic E-state index is 4.33. The number of aryl methyl sites for hydroxylation is 1. The SMILES string of the molecule is Cc1ncc(C2NCCc3sccc32)s1. The van der Waals surface area contributed by atoms with Crippen molar-refractivity contribution in [2.24, 2.45) is 0 Å². The molecule has 1 aliphatic heterocycles. The smallest absolute Gasteiger partial charge is 0.0897 e. The molecular weight excluding hydrogens is 224 g/mol. The van der Waals surface area contributed by atoms with Gasteiger partial charge < -0.3 is 5.32 Å². The molecule has 1 N–H and O–H groups in total. The Hall–Kier alpha value is -0.710. The standard InChI is InChI=1S/C11H12N2S2/c1-7-13-6-10(15-7)11-8-3-5-14-9(8)2-4-12-11/h3,5-6,11-12H,2,4H2,1H3. The highest BCUT2D eigenvalue weighted by Gasteiger charge is 2.23. The Balaban J connectivity index is 2.02. The van der Waals surface area contributed by atoms with Crippen LogP contribution in [0.2, 0.25) is 0 Å². The third-order valence-electron chi connectivity index (χ3n) is 2.72. The first-order valence-corrected chi connectivity index (χ1v) is 6.76. The van der Waals surface area contributed by atoms with Gasteiger partial charge in [-0.1, -0.05) is 0 Å². The van der Waals surface area contributed by atoms with Crippen LogP contribution in [0.3, 0.4) is 0 Å². The number of hydrogen-bond donors (Lipinski definition) is 1. The number of hydrogen-bond acceptors (Lipinski definition) is 4. The van der Waals surface area contributed by atoms with Gasteiger partial charge in [-0.05, 0) is 30.4 Å². The zero-order chi connectivity index (χ0) is 10.3. The summed E-state index contributed by atoms with van der Waals surface area (Å²) in [5, 5.41) is 6.91. The van der Waals surface area contributed by atoms with Crippen molar-refractivity contribution in [2.75, 3.05) is 6.54 Å². The Morgan fingerprint density at radius 1 is 1.53 bits per heavy atom. The second-order valence-electron chi connectivity index (χ2n) is 3.72. The maximum Gasteiger partial charge on any atom is 0.0897 e. The van der Waals surface area contributed by atoms with E-state index in [9.17, 15) is 0 Å². The van der Waals surface area contributed by atoms with Crippen LogP contribution in [-0.4, -0.2) is 11.5 Å². The van der Waals surface area contributed by atoms with E-state index in [1.807, 2.05) is 17.5 Å². The van der Waals surface area contributed by atoms with E-state index >= 15 is 0 Å². The highest BCUT2D eigenvalue weighted by Crippen LogP contribution is 2.34. The first-order chi connectivity index (χ1) is 7.34. The second-order valence-corrected chi connectivity index (χ2v) is 5.98. The zero-order valence-corrected chi connectivity index (χ0v) is 10.1. The first-order valence-electron chi connectivity index (χ1n) is 5.06. The van der Waals surface area contributed by atoms with E-state index in [0.717, 1.165) is 11.6 Å². The van der Waals surface area contributed by atoms with E-state index in [1.54, 1.807) is 11.3 Å². The van der Waals surface area contributed by atoms with E-state index in [4.69, 9.17) is 0 Å². The van der Waals surface area contributed by atoms with Crippen LogP contribution in [0.1, 0.15) is 26.4 Å². The third-order valence-corrected chi connectivity index (χ3v) is 4.69. The van der Waals surface area contributed by atoms with E-state index in [2.05, 4.69) is 28.7 Å². The van der Waals surface area contributed by atoms with E-state index < -0.39 is 0 Å². The lowest BCUT2D eigenvalue weighted by molar-refractivity contribution is 0.581. The molecule has 0 amide bonds. The molecule has 0 spiro atoms.